The van der Waals surface area contributed by atoms with E-state index in [4.69, 9.17) is 12.2 Å². The van der Waals surface area contributed by atoms with E-state index < -0.39 is 0 Å². The van der Waals surface area contributed by atoms with E-state index in [1.807, 2.05) is 18.2 Å². The van der Waals surface area contributed by atoms with E-state index in [1.165, 1.54) is 30.3 Å². The van der Waals surface area contributed by atoms with Crippen LogP contribution in [0.15, 0.2) is 29.2 Å². The van der Waals surface area contributed by atoms with Gasteiger partial charge in [0.1, 0.15) is 4.32 Å². The zero-order chi connectivity index (χ0) is 15.2. The molecule has 3 nitrogen and oxygen atoms in total. The van der Waals surface area contributed by atoms with Crippen molar-refractivity contribution in [2.75, 3.05) is 18.0 Å². The first-order valence-electron chi connectivity index (χ1n) is 7.24. The van der Waals surface area contributed by atoms with Gasteiger partial charge in [-0.2, -0.15) is 0 Å². The van der Waals surface area contributed by atoms with Crippen molar-refractivity contribution in [2.45, 2.75) is 26.7 Å². The van der Waals surface area contributed by atoms with Gasteiger partial charge in [-0.3, -0.25) is 4.79 Å². The number of unbranched alkanes of at least 4 members (excludes halogenated alkanes) is 1. The molecule has 0 unspecified atom stereocenters. The lowest BCUT2D eigenvalue weighted by Crippen LogP contribution is -2.23. The first-order chi connectivity index (χ1) is 10.1. The first-order valence-corrected chi connectivity index (χ1v) is 8.46. The van der Waals surface area contributed by atoms with Gasteiger partial charge in [0.2, 0.25) is 0 Å². The van der Waals surface area contributed by atoms with Crippen LogP contribution in [0, 0.1) is 0 Å². The largest absolute Gasteiger partial charge is 0.372 e. The van der Waals surface area contributed by atoms with E-state index in [1.54, 1.807) is 0 Å². The molecule has 112 valence electrons. The number of hydrogen-bond acceptors (Lipinski definition) is 4. The Bertz CT molecular complexity index is 552. The Balaban J connectivity index is 2.10. The Morgan fingerprint density at radius 1 is 1.29 bits per heavy atom. The Morgan fingerprint density at radius 3 is 2.52 bits per heavy atom. The molecule has 1 aliphatic heterocycles. The van der Waals surface area contributed by atoms with Crippen LogP contribution >= 0.6 is 24.0 Å². The van der Waals surface area contributed by atoms with Crippen LogP contribution in [-0.4, -0.2) is 23.3 Å². The molecule has 1 amide bonds. The Labute approximate surface area is 135 Å². The molecular weight excluding hydrogens is 300 g/mol. The summed E-state index contributed by atoms with van der Waals surface area (Å²) >= 11 is 6.30. The van der Waals surface area contributed by atoms with Crippen molar-refractivity contribution < 1.29 is 4.79 Å². The molecule has 1 saturated heterocycles. The van der Waals surface area contributed by atoms with E-state index in [0.717, 1.165) is 18.7 Å². The van der Waals surface area contributed by atoms with Crippen LogP contribution < -0.4 is 10.2 Å². The van der Waals surface area contributed by atoms with Gasteiger partial charge < -0.3 is 10.2 Å². The maximum Gasteiger partial charge on any atom is 0.263 e. The quantitative estimate of drug-likeness (QED) is 0.638. The van der Waals surface area contributed by atoms with Crippen molar-refractivity contribution in [3.8, 4) is 0 Å². The number of anilines is 1. The second-order valence-corrected chi connectivity index (χ2v) is 6.60. The average molecular weight is 320 g/mol. The van der Waals surface area contributed by atoms with Crippen molar-refractivity contribution in [1.29, 1.82) is 0 Å². The number of thioether (sulfide) groups is 1. The topological polar surface area (TPSA) is 32.3 Å². The van der Waals surface area contributed by atoms with Gasteiger partial charge in [0.15, 0.2) is 0 Å². The van der Waals surface area contributed by atoms with Gasteiger partial charge in [0.25, 0.3) is 5.91 Å². The molecule has 0 bridgehead atoms. The fourth-order valence-electron chi connectivity index (χ4n) is 2.17. The van der Waals surface area contributed by atoms with Crippen LogP contribution in [0.3, 0.4) is 0 Å². The lowest BCUT2D eigenvalue weighted by Gasteiger charge is -2.23. The van der Waals surface area contributed by atoms with E-state index in [9.17, 15) is 4.79 Å². The molecule has 1 N–H and O–H groups in total. The normalized spacial score (nSPS) is 16.4. The van der Waals surface area contributed by atoms with Gasteiger partial charge in [0, 0.05) is 18.8 Å². The van der Waals surface area contributed by atoms with Gasteiger partial charge in [-0.1, -0.05) is 49.5 Å². The van der Waals surface area contributed by atoms with Crippen LogP contribution in [0.4, 0.5) is 5.69 Å². The SMILES string of the molecule is CCCCN(CC)c1ccc(C=C2SC(=S)NC2=O)cc1. The zero-order valence-electron chi connectivity index (χ0n) is 12.4. The number of benzene rings is 1. The Morgan fingerprint density at radius 2 is 2.00 bits per heavy atom. The molecule has 1 aromatic rings. The van der Waals surface area contributed by atoms with Crippen LogP contribution in [0.25, 0.3) is 6.08 Å². The summed E-state index contributed by atoms with van der Waals surface area (Å²) in [6.45, 7) is 6.47. The van der Waals surface area contributed by atoms with Gasteiger partial charge in [-0.25, -0.2) is 0 Å². The third-order valence-corrected chi connectivity index (χ3v) is 4.52. The summed E-state index contributed by atoms with van der Waals surface area (Å²) in [4.78, 5) is 14.7. The van der Waals surface area contributed by atoms with Crippen molar-refractivity contribution in [1.82, 2.24) is 5.32 Å². The standard InChI is InChI=1S/C16H20N2OS2/c1-3-5-10-18(4-2)13-8-6-12(7-9-13)11-14-15(19)17-16(20)21-14/h6-9,11H,3-5,10H2,1-2H3,(H,17,19,20). The highest BCUT2D eigenvalue weighted by Crippen LogP contribution is 2.26. The predicted molar refractivity (Wildman–Crippen MR) is 95.5 cm³/mol. The average Bonchev–Trinajstić information content (AvgIpc) is 2.79. The minimum Gasteiger partial charge on any atom is -0.372 e. The number of carbonyl (C=O) groups excluding carboxylic acids is 1. The molecule has 1 aromatic carbocycles. The van der Waals surface area contributed by atoms with Crippen molar-refractivity contribution in [3.05, 3.63) is 34.7 Å². The summed E-state index contributed by atoms with van der Waals surface area (Å²) in [5.41, 5.74) is 2.25. The van der Waals surface area contributed by atoms with Crippen molar-refractivity contribution >= 4 is 46.0 Å². The van der Waals surface area contributed by atoms with Gasteiger partial charge in [-0.15, -0.1) is 0 Å². The summed E-state index contributed by atoms with van der Waals surface area (Å²) < 4.78 is 0.527. The molecule has 21 heavy (non-hydrogen) atoms. The molecule has 0 atom stereocenters. The minimum absolute atomic E-state index is 0.104. The number of nitrogens with zero attached hydrogens (tertiary/aromatic N) is 1. The van der Waals surface area contributed by atoms with Crippen LogP contribution in [0.1, 0.15) is 32.3 Å². The molecule has 0 aliphatic carbocycles. The molecule has 0 saturated carbocycles. The molecule has 1 heterocycles. The van der Waals surface area contributed by atoms with Gasteiger partial charge >= 0.3 is 0 Å². The molecule has 0 aromatic heterocycles. The van der Waals surface area contributed by atoms with E-state index >= 15 is 0 Å². The van der Waals surface area contributed by atoms with Gasteiger partial charge in [-0.05, 0) is 37.1 Å². The Hall–Kier alpha value is -1.33. The number of carbonyl (C=O) groups is 1. The maximum atomic E-state index is 11.6. The number of thiocarbonyl (C=S) groups is 1. The smallest absolute Gasteiger partial charge is 0.263 e. The summed E-state index contributed by atoms with van der Waals surface area (Å²) in [6, 6.07) is 8.32. The summed E-state index contributed by atoms with van der Waals surface area (Å²) in [6.07, 6.45) is 4.28. The molecule has 0 spiro atoms. The molecule has 5 heteroatoms. The summed E-state index contributed by atoms with van der Waals surface area (Å²) in [5.74, 6) is -0.104. The highest BCUT2D eigenvalue weighted by atomic mass is 32.2. The highest BCUT2D eigenvalue weighted by Gasteiger charge is 2.21. The second-order valence-electron chi connectivity index (χ2n) is 4.88. The Kier molecular flexibility index (Phi) is 5.82. The second kappa shape index (κ2) is 7.61. The highest BCUT2D eigenvalue weighted by molar-refractivity contribution is 8.26. The lowest BCUT2D eigenvalue weighted by molar-refractivity contribution is -0.115. The molecular formula is C16H20N2OS2. The van der Waals surface area contributed by atoms with Crippen molar-refractivity contribution in [3.63, 3.8) is 0 Å². The number of amides is 1. The number of nitrogens with one attached hydrogen (secondary N) is 1. The molecule has 1 fully saturated rings. The molecule has 2 rings (SSSR count). The van der Waals surface area contributed by atoms with E-state index in [0.29, 0.717) is 9.23 Å². The van der Waals surface area contributed by atoms with Crippen LogP contribution in [0.2, 0.25) is 0 Å². The fourth-order valence-corrected chi connectivity index (χ4v) is 3.22. The summed E-state index contributed by atoms with van der Waals surface area (Å²) in [7, 11) is 0. The van der Waals surface area contributed by atoms with E-state index in [2.05, 4.69) is 36.2 Å². The monoisotopic (exact) mass is 320 g/mol. The van der Waals surface area contributed by atoms with E-state index in [-0.39, 0.29) is 5.91 Å². The number of rotatable bonds is 6. The van der Waals surface area contributed by atoms with Crippen LogP contribution in [-0.2, 0) is 4.79 Å². The maximum absolute atomic E-state index is 11.6. The van der Waals surface area contributed by atoms with Crippen LogP contribution in [0.5, 0.6) is 0 Å². The molecule has 0 radical (unpaired) electrons. The third-order valence-electron chi connectivity index (χ3n) is 3.36. The zero-order valence-corrected chi connectivity index (χ0v) is 14.0. The van der Waals surface area contributed by atoms with Crippen molar-refractivity contribution in [2.24, 2.45) is 0 Å². The lowest BCUT2D eigenvalue weighted by atomic mass is 10.1. The minimum atomic E-state index is -0.104. The fraction of sp³-hybridized carbons (Fsp3) is 0.375. The first kappa shape index (κ1) is 16.0. The third kappa shape index (κ3) is 4.32. The molecule has 1 aliphatic rings. The predicted octanol–water partition coefficient (Wildman–Crippen LogP) is 3.80. The van der Waals surface area contributed by atoms with Gasteiger partial charge in [0.05, 0.1) is 4.91 Å². The summed E-state index contributed by atoms with van der Waals surface area (Å²) in [5, 5.41) is 2.63. The number of hydrogen-bond donors (Lipinski definition) is 1.